The Morgan fingerprint density at radius 2 is 2.10 bits per heavy atom. The molecule has 5 heteroatoms. The maximum Gasteiger partial charge on any atom is 0.0931 e. The van der Waals surface area contributed by atoms with Crippen molar-refractivity contribution in [1.29, 1.82) is 0 Å². The van der Waals surface area contributed by atoms with E-state index in [0.29, 0.717) is 0 Å². The third kappa shape index (κ3) is 3.14. The fourth-order valence-corrected chi connectivity index (χ4v) is 4.03. The van der Waals surface area contributed by atoms with Crippen molar-refractivity contribution in [2.75, 3.05) is 6.54 Å². The molecule has 0 aliphatic heterocycles. The summed E-state index contributed by atoms with van der Waals surface area (Å²) in [6, 6.07) is 14.3. The molecular weight excluding hydrogens is 368 g/mol. The van der Waals surface area contributed by atoms with Gasteiger partial charge in [0.05, 0.1) is 21.6 Å². The number of hydrogen-bond donors (Lipinski definition) is 1. The van der Waals surface area contributed by atoms with E-state index in [2.05, 4.69) is 46.4 Å². The molecule has 1 unspecified atom stereocenters. The van der Waals surface area contributed by atoms with E-state index in [1.165, 1.54) is 4.88 Å². The molecule has 2 aromatic heterocycles. The zero-order valence-corrected chi connectivity index (χ0v) is 14.6. The normalized spacial score (nSPS) is 12.7. The molecule has 2 heterocycles. The zero-order chi connectivity index (χ0) is 14.8. The highest BCUT2D eigenvalue weighted by Gasteiger charge is 2.20. The van der Waals surface area contributed by atoms with Gasteiger partial charge in [0.2, 0.25) is 0 Å². The van der Waals surface area contributed by atoms with Crippen LogP contribution in [0, 0.1) is 0 Å². The SMILES string of the molecule is CCNC(c1ccc(Cl)s1)c1nc2ccccc2cc1Br. The lowest BCUT2D eigenvalue weighted by molar-refractivity contribution is 0.624. The Balaban J connectivity index is 2.12. The van der Waals surface area contributed by atoms with Crippen LogP contribution in [-0.2, 0) is 0 Å². The number of para-hydroxylation sites is 1. The number of halogens is 2. The molecular formula is C16H14BrClN2S. The number of nitrogens with zero attached hydrogens (tertiary/aromatic N) is 1. The second-order valence-electron chi connectivity index (χ2n) is 4.68. The van der Waals surface area contributed by atoms with Crippen LogP contribution in [0.4, 0.5) is 0 Å². The molecule has 108 valence electrons. The highest BCUT2D eigenvalue weighted by atomic mass is 79.9. The molecule has 0 radical (unpaired) electrons. The predicted molar refractivity (Wildman–Crippen MR) is 94.3 cm³/mol. The summed E-state index contributed by atoms with van der Waals surface area (Å²) in [4.78, 5) is 6.01. The molecule has 0 amide bonds. The van der Waals surface area contributed by atoms with Crippen molar-refractivity contribution in [3.63, 3.8) is 0 Å². The first kappa shape index (κ1) is 15.0. The first-order valence-corrected chi connectivity index (χ1v) is 8.71. The third-order valence-electron chi connectivity index (χ3n) is 3.26. The van der Waals surface area contributed by atoms with Gasteiger partial charge in [0.15, 0.2) is 0 Å². The number of nitrogens with one attached hydrogen (secondary N) is 1. The van der Waals surface area contributed by atoms with Crippen molar-refractivity contribution in [2.45, 2.75) is 13.0 Å². The van der Waals surface area contributed by atoms with Gasteiger partial charge in [-0.2, -0.15) is 0 Å². The summed E-state index contributed by atoms with van der Waals surface area (Å²) in [7, 11) is 0. The van der Waals surface area contributed by atoms with Gasteiger partial charge in [0.1, 0.15) is 0 Å². The van der Waals surface area contributed by atoms with Crippen LogP contribution >= 0.6 is 38.9 Å². The van der Waals surface area contributed by atoms with Crippen LogP contribution in [0.2, 0.25) is 4.34 Å². The molecule has 0 aliphatic rings. The van der Waals surface area contributed by atoms with Gasteiger partial charge in [-0.1, -0.05) is 36.7 Å². The molecule has 3 rings (SSSR count). The van der Waals surface area contributed by atoms with Crippen molar-refractivity contribution < 1.29 is 0 Å². The van der Waals surface area contributed by atoms with Crippen LogP contribution < -0.4 is 5.32 Å². The fraction of sp³-hybridized carbons (Fsp3) is 0.188. The summed E-state index contributed by atoms with van der Waals surface area (Å²) >= 11 is 11.3. The minimum absolute atomic E-state index is 0.0477. The third-order valence-corrected chi connectivity index (χ3v) is 5.20. The smallest absolute Gasteiger partial charge is 0.0931 e. The molecule has 0 spiro atoms. The molecule has 0 saturated heterocycles. The van der Waals surface area contributed by atoms with Gasteiger partial charge in [0, 0.05) is 14.7 Å². The van der Waals surface area contributed by atoms with Crippen molar-refractivity contribution >= 4 is 49.8 Å². The van der Waals surface area contributed by atoms with Crippen LogP contribution in [0.3, 0.4) is 0 Å². The molecule has 1 N–H and O–H groups in total. The monoisotopic (exact) mass is 380 g/mol. The summed E-state index contributed by atoms with van der Waals surface area (Å²) < 4.78 is 1.81. The van der Waals surface area contributed by atoms with Gasteiger partial charge in [-0.3, -0.25) is 0 Å². The van der Waals surface area contributed by atoms with E-state index in [0.717, 1.165) is 32.0 Å². The molecule has 0 saturated carbocycles. The Hall–Kier alpha value is -0.940. The number of benzene rings is 1. The van der Waals surface area contributed by atoms with Gasteiger partial charge in [0.25, 0.3) is 0 Å². The molecule has 1 atom stereocenters. The molecule has 0 bridgehead atoms. The lowest BCUT2D eigenvalue weighted by Crippen LogP contribution is -2.22. The van der Waals surface area contributed by atoms with Gasteiger partial charge < -0.3 is 5.32 Å². The number of hydrogen-bond acceptors (Lipinski definition) is 3. The van der Waals surface area contributed by atoms with Crippen molar-refractivity contribution in [3.8, 4) is 0 Å². The molecule has 0 fully saturated rings. The van der Waals surface area contributed by atoms with Crippen molar-refractivity contribution in [3.05, 3.63) is 61.8 Å². The largest absolute Gasteiger partial charge is 0.305 e. The minimum Gasteiger partial charge on any atom is -0.305 e. The van der Waals surface area contributed by atoms with Crippen LogP contribution in [0.25, 0.3) is 10.9 Å². The van der Waals surface area contributed by atoms with Crippen molar-refractivity contribution in [1.82, 2.24) is 10.3 Å². The van der Waals surface area contributed by atoms with E-state index in [4.69, 9.17) is 16.6 Å². The van der Waals surface area contributed by atoms with Crippen molar-refractivity contribution in [2.24, 2.45) is 0 Å². The van der Waals surface area contributed by atoms with E-state index < -0.39 is 0 Å². The highest BCUT2D eigenvalue weighted by molar-refractivity contribution is 9.10. The van der Waals surface area contributed by atoms with E-state index in [-0.39, 0.29) is 6.04 Å². The van der Waals surface area contributed by atoms with Gasteiger partial charge in [-0.15, -0.1) is 11.3 Å². The molecule has 2 nitrogen and oxygen atoms in total. The fourth-order valence-electron chi connectivity index (χ4n) is 2.33. The predicted octanol–water partition coefficient (Wildman–Crippen LogP) is 5.41. The number of aromatic nitrogens is 1. The summed E-state index contributed by atoms with van der Waals surface area (Å²) in [5.41, 5.74) is 2.00. The topological polar surface area (TPSA) is 24.9 Å². The van der Waals surface area contributed by atoms with E-state index >= 15 is 0 Å². The first-order valence-electron chi connectivity index (χ1n) is 6.73. The lowest BCUT2D eigenvalue weighted by atomic mass is 10.1. The van der Waals surface area contributed by atoms with Crippen LogP contribution in [0.5, 0.6) is 0 Å². The molecule has 0 aliphatic carbocycles. The van der Waals surface area contributed by atoms with Crippen LogP contribution in [0.15, 0.2) is 46.9 Å². The quantitative estimate of drug-likeness (QED) is 0.653. The van der Waals surface area contributed by atoms with E-state index in [1.807, 2.05) is 24.3 Å². The lowest BCUT2D eigenvalue weighted by Gasteiger charge is -2.18. The number of rotatable bonds is 4. The van der Waals surface area contributed by atoms with Crippen LogP contribution in [0.1, 0.15) is 23.5 Å². The highest BCUT2D eigenvalue weighted by Crippen LogP contribution is 2.34. The Bertz CT molecular complexity index is 772. The second-order valence-corrected chi connectivity index (χ2v) is 7.28. The Labute approximate surface area is 141 Å². The average molecular weight is 382 g/mol. The number of fused-ring (bicyclic) bond motifs is 1. The molecule has 1 aromatic carbocycles. The van der Waals surface area contributed by atoms with Gasteiger partial charge in [-0.05, 0) is 46.7 Å². The summed E-state index contributed by atoms with van der Waals surface area (Å²) in [6.07, 6.45) is 0. The maximum absolute atomic E-state index is 6.09. The van der Waals surface area contributed by atoms with E-state index in [1.54, 1.807) is 11.3 Å². The van der Waals surface area contributed by atoms with Crippen LogP contribution in [-0.4, -0.2) is 11.5 Å². The Kier molecular flexibility index (Phi) is 4.60. The number of pyridine rings is 1. The van der Waals surface area contributed by atoms with Gasteiger partial charge >= 0.3 is 0 Å². The first-order chi connectivity index (χ1) is 10.2. The van der Waals surface area contributed by atoms with Gasteiger partial charge in [-0.25, -0.2) is 4.98 Å². The summed E-state index contributed by atoms with van der Waals surface area (Å²) in [5, 5.41) is 4.63. The summed E-state index contributed by atoms with van der Waals surface area (Å²) in [5.74, 6) is 0. The second kappa shape index (κ2) is 6.44. The van der Waals surface area contributed by atoms with E-state index in [9.17, 15) is 0 Å². The number of thiophene rings is 1. The standard InChI is InChI=1S/C16H14BrClN2S/c1-2-19-16(13-7-8-14(18)21-13)15-11(17)9-10-5-3-4-6-12(10)20-15/h3-9,16,19H,2H2,1H3. The summed E-state index contributed by atoms with van der Waals surface area (Å²) in [6.45, 7) is 2.96. The minimum atomic E-state index is 0.0477. The average Bonchev–Trinajstić information content (AvgIpc) is 2.91. The molecule has 21 heavy (non-hydrogen) atoms. The zero-order valence-electron chi connectivity index (χ0n) is 11.4. The maximum atomic E-state index is 6.09. The Morgan fingerprint density at radius 3 is 2.81 bits per heavy atom. The molecule has 3 aromatic rings. The Morgan fingerprint density at radius 1 is 1.29 bits per heavy atom.